The van der Waals surface area contributed by atoms with Gasteiger partial charge in [-0.3, -0.25) is 4.79 Å². The molecule has 22 heavy (non-hydrogen) atoms. The minimum absolute atomic E-state index is 0.109. The Labute approximate surface area is 130 Å². The summed E-state index contributed by atoms with van der Waals surface area (Å²) in [6.07, 6.45) is 1.67. The van der Waals surface area contributed by atoms with Gasteiger partial charge in [0.05, 0.1) is 10.6 Å². The Kier molecular flexibility index (Phi) is 3.93. The Morgan fingerprint density at radius 2 is 1.95 bits per heavy atom. The van der Waals surface area contributed by atoms with Crippen LogP contribution in [0.5, 0.6) is 5.75 Å². The maximum Gasteiger partial charge on any atom is 0.264 e. The highest BCUT2D eigenvalue weighted by Gasteiger charge is 2.23. The van der Waals surface area contributed by atoms with Crippen molar-refractivity contribution in [1.82, 2.24) is 5.32 Å². The number of amidine groups is 1. The number of carbonyl (C=O) groups excluding carboxylic acids is 1. The summed E-state index contributed by atoms with van der Waals surface area (Å²) < 4.78 is 12.9. The number of thioether (sulfide) groups is 1. The number of carbonyl (C=O) groups is 1. The van der Waals surface area contributed by atoms with E-state index in [1.165, 1.54) is 30.0 Å². The Morgan fingerprint density at radius 1 is 1.18 bits per heavy atom. The molecule has 0 bridgehead atoms. The fourth-order valence-electron chi connectivity index (χ4n) is 1.87. The van der Waals surface area contributed by atoms with Crippen LogP contribution < -0.4 is 5.32 Å². The van der Waals surface area contributed by atoms with Crippen LogP contribution in [0.3, 0.4) is 0 Å². The summed E-state index contributed by atoms with van der Waals surface area (Å²) >= 11 is 1.19. The number of rotatable bonds is 2. The van der Waals surface area contributed by atoms with Gasteiger partial charge in [-0.1, -0.05) is 18.2 Å². The smallest absolute Gasteiger partial charge is 0.264 e. The summed E-state index contributed by atoms with van der Waals surface area (Å²) in [6, 6.07) is 12.3. The third kappa shape index (κ3) is 3.35. The van der Waals surface area contributed by atoms with Crippen LogP contribution in [0, 0.1) is 5.82 Å². The van der Waals surface area contributed by atoms with Gasteiger partial charge in [-0.25, -0.2) is 9.38 Å². The summed E-state index contributed by atoms with van der Waals surface area (Å²) in [5.41, 5.74) is 1.28. The molecule has 0 unspecified atom stereocenters. The normalized spacial score (nSPS) is 18.0. The molecule has 0 saturated carbocycles. The van der Waals surface area contributed by atoms with Crippen LogP contribution in [0.1, 0.15) is 5.56 Å². The molecule has 110 valence electrons. The summed E-state index contributed by atoms with van der Waals surface area (Å²) in [5, 5.41) is 12.5. The minimum Gasteiger partial charge on any atom is -0.508 e. The largest absolute Gasteiger partial charge is 0.508 e. The van der Waals surface area contributed by atoms with E-state index in [2.05, 4.69) is 10.3 Å². The molecule has 1 aliphatic rings. The molecule has 2 N–H and O–H groups in total. The number of aliphatic imine (C=N–C) groups is 1. The first-order valence-electron chi connectivity index (χ1n) is 6.44. The van der Waals surface area contributed by atoms with Gasteiger partial charge in [0.25, 0.3) is 5.91 Å². The molecule has 1 aliphatic heterocycles. The maximum absolute atomic E-state index is 12.9. The number of hydrogen-bond acceptors (Lipinski definition) is 4. The van der Waals surface area contributed by atoms with E-state index in [-0.39, 0.29) is 17.5 Å². The van der Waals surface area contributed by atoms with Crippen molar-refractivity contribution in [3.63, 3.8) is 0 Å². The number of benzene rings is 2. The number of amides is 1. The van der Waals surface area contributed by atoms with Gasteiger partial charge in [-0.15, -0.1) is 0 Å². The van der Waals surface area contributed by atoms with Crippen LogP contribution in [-0.2, 0) is 4.79 Å². The van der Waals surface area contributed by atoms with Crippen molar-refractivity contribution in [2.24, 2.45) is 4.99 Å². The molecule has 0 aliphatic carbocycles. The number of aromatic hydroxyl groups is 1. The van der Waals surface area contributed by atoms with Gasteiger partial charge in [-0.2, -0.15) is 0 Å². The Balaban J connectivity index is 1.82. The number of nitrogens with one attached hydrogen (secondary N) is 1. The zero-order chi connectivity index (χ0) is 15.5. The molecule has 0 spiro atoms. The quantitative estimate of drug-likeness (QED) is 0.835. The number of phenols is 1. The highest BCUT2D eigenvalue weighted by molar-refractivity contribution is 8.18. The van der Waals surface area contributed by atoms with E-state index in [0.717, 1.165) is 5.56 Å². The van der Waals surface area contributed by atoms with Gasteiger partial charge in [0.15, 0.2) is 5.17 Å². The molecule has 1 heterocycles. The highest BCUT2D eigenvalue weighted by atomic mass is 32.2. The maximum atomic E-state index is 12.9. The van der Waals surface area contributed by atoms with Crippen LogP contribution in [-0.4, -0.2) is 16.2 Å². The summed E-state index contributed by atoms with van der Waals surface area (Å²) in [7, 11) is 0. The van der Waals surface area contributed by atoms with Crippen LogP contribution in [0.15, 0.2) is 58.4 Å². The Hall–Kier alpha value is -2.60. The first-order chi connectivity index (χ1) is 10.6. The fraction of sp³-hybridized carbons (Fsp3) is 0. The Morgan fingerprint density at radius 3 is 2.68 bits per heavy atom. The summed E-state index contributed by atoms with van der Waals surface area (Å²) in [6.45, 7) is 0. The third-order valence-corrected chi connectivity index (χ3v) is 3.79. The Bertz CT molecular complexity index is 785. The molecule has 4 nitrogen and oxygen atoms in total. The number of halogens is 1. The standard InChI is InChI=1S/C16H11FN2O2S/c17-11-6-4-10(5-7-11)8-14-15(21)19-16(22-14)18-12-2-1-3-13(20)9-12/h1-9,20H,(H,18,19,21)/b14-8-. The van der Waals surface area contributed by atoms with E-state index in [0.29, 0.717) is 15.8 Å². The molecule has 3 rings (SSSR count). The predicted octanol–water partition coefficient (Wildman–Crippen LogP) is 3.42. The van der Waals surface area contributed by atoms with Gasteiger partial charge in [0, 0.05) is 6.07 Å². The molecular weight excluding hydrogens is 303 g/mol. The lowest BCUT2D eigenvalue weighted by molar-refractivity contribution is -0.115. The second-order valence-electron chi connectivity index (χ2n) is 4.55. The first-order valence-corrected chi connectivity index (χ1v) is 7.26. The van der Waals surface area contributed by atoms with Crippen LogP contribution in [0.4, 0.5) is 10.1 Å². The highest BCUT2D eigenvalue weighted by Crippen LogP contribution is 2.28. The molecule has 0 radical (unpaired) electrons. The second-order valence-corrected chi connectivity index (χ2v) is 5.58. The lowest BCUT2D eigenvalue weighted by Crippen LogP contribution is -2.19. The molecule has 1 fully saturated rings. The van der Waals surface area contributed by atoms with Gasteiger partial charge in [-0.05, 0) is 47.7 Å². The van der Waals surface area contributed by atoms with E-state index in [9.17, 15) is 14.3 Å². The molecular formula is C16H11FN2O2S. The summed E-state index contributed by atoms with van der Waals surface area (Å²) in [5.74, 6) is -0.469. The zero-order valence-electron chi connectivity index (χ0n) is 11.3. The molecule has 0 aromatic heterocycles. The van der Waals surface area contributed by atoms with Crippen molar-refractivity contribution in [2.75, 3.05) is 0 Å². The number of phenolic OH excluding ortho intramolecular Hbond substituents is 1. The fourth-order valence-corrected chi connectivity index (χ4v) is 2.71. The van der Waals surface area contributed by atoms with E-state index in [4.69, 9.17) is 0 Å². The molecule has 6 heteroatoms. The average molecular weight is 314 g/mol. The third-order valence-electron chi connectivity index (χ3n) is 2.88. The number of nitrogens with zero attached hydrogens (tertiary/aromatic N) is 1. The van der Waals surface area contributed by atoms with Crippen molar-refractivity contribution in [3.8, 4) is 5.75 Å². The van der Waals surface area contributed by atoms with Crippen molar-refractivity contribution in [3.05, 3.63) is 64.8 Å². The average Bonchev–Trinajstić information content (AvgIpc) is 2.81. The van der Waals surface area contributed by atoms with Gasteiger partial charge < -0.3 is 10.4 Å². The summed E-state index contributed by atoms with van der Waals surface area (Å²) in [4.78, 5) is 16.6. The lowest BCUT2D eigenvalue weighted by atomic mass is 10.2. The van der Waals surface area contributed by atoms with Crippen molar-refractivity contribution in [2.45, 2.75) is 0 Å². The minimum atomic E-state index is -0.322. The van der Waals surface area contributed by atoms with Crippen molar-refractivity contribution in [1.29, 1.82) is 0 Å². The number of hydrogen-bond donors (Lipinski definition) is 2. The molecule has 1 saturated heterocycles. The van der Waals surface area contributed by atoms with Crippen molar-refractivity contribution >= 4 is 34.6 Å². The van der Waals surface area contributed by atoms with Crippen LogP contribution >= 0.6 is 11.8 Å². The predicted molar refractivity (Wildman–Crippen MR) is 85.3 cm³/mol. The van der Waals surface area contributed by atoms with E-state index < -0.39 is 0 Å². The van der Waals surface area contributed by atoms with Gasteiger partial charge in [0.1, 0.15) is 11.6 Å². The topological polar surface area (TPSA) is 61.7 Å². The lowest BCUT2D eigenvalue weighted by Gasteiger charge is -1.97. The van der Waals surface area contributed by atoms with E-state index >= 15 is 0 Å². The van der Waals surface area contributed by atoms with Crippen LogP contribution in [0.25, 0.3) is 6.08 Å². The van der Waals surface area contributed by atoms with Crippen molar-refractivity contribution < 1.29 is 14.3 Å². The SMILES string of the molecule is O=C1NC(=Nc2cccc(O)c2)S/C1=C\c1ccc(F)cc1. The molecule has 2 aromatic carbocycles. The van der Waals surface area contributed by atoms with Gasteiger partial charge in [0.2, 0.25) is 0 Å². The molecule has 2 aromatic rings. The van der Waals surface area contributed by atoms with E-state index in [1.807, 2.05) is 0 Å². The zero-order valence-corrected chi connectivity index (χ0v) is 12.1. The molecule has 0 atom stereocenters. The second kappa shape index (κ2) is 6.03. The van der Waals surface area contributed by atoms with Crippen LogP contribution in [0.2, 0.25) is 0 Å². The van der Waals surface area contributed by atoms with E-state index in [1.54, 1.807) is 36.4 Å². The molecule has 1 amide bonds. The first kappa shape index (κ1) is 14.3. The van der Waals surface area contributed by atoms with Gasteiger partial charge >= 0.3 is 0 Å². The monoisotopic (exact) mass is 314 g/mol.